The summed E-state index contributed by atoms with van der Waals surface area (Å²) in [6.45, 7) is 8.10. The fourth-order valence-corrected chi connectivity index (χ4v) is 9.18. The molecule has 9 rings (SSSR count). The van der Waals surface area contributed by atoms with Crippen LogP contribution in [-0.2, 0) is 29.2 Å². The minimum atomic E-state index is -0.695. The number of nitriles is 1. The van der Waals surface area contributed by atoms with Crippen LogP contribution in [0.25, 0.3) is 45.1 Å². The van der Waals surface area contributed by atoms with Crippen molar-refractivity contribution < 1.29 is 28.6 Å². The highest BCUT2D eigenvalue weighted by atomic mass is 16.4. The van der Waals surface area contributed by atoms with Gasteiger partial charge in [-0.25, -0.2) is 9.97 Å². The van der Waals surface area contributed by atoms with Gasteiger partial charge in [-0.15, -0.1) is 0 Å². The molecule has 2 bridgehead atoms. The molecule has 276 valence electrons. The number of carboxylic acid groups (broad SMARTS) is 1. The number of hydrogen-bond donors (Lipinski definition) is 2. The molecule has 5 heterocycles. The first-order valence-corrected chi connectivity index (χ1v) is 18.8. The molecule has 1 saturated carbocycles. The van der Waals surface area contributed by atoms with E-state index in [1.807, 2.05) is 43.3 Å². The van der Waals surface area contributed by atoms with Crippen molar-refractivity contribution in [2.75, 3.05) is 26.2 Å². The van der Waals surface area contributed by atoms with Gasteiger partial charge in [0.15, 0.2) is 5.58 Å². The normalized spacial score (nSPS) is 21.6. The van der Waals surface area contributed by atoms with Crippen LogP contribution in [0.2, 0.25) is 0 Å². The minimum Gasteiger partial charge on any atom is -0.481 e. The van der Waals surface area contributed by atoms with Crippen LogP contribution in [-0.4, -0.2) is 85.1 Å². The molecule has 1 amide bonds. The lowest BCUT2D eigenvalue weighted by Crippen LogP contribution is -2.42. The Bertz CT molecular complexity index is 2330. The minimum absolute atomic E-state index is 0.0453. The van der Waals surface area contributed by atoms with Crippen LogP contribution in [0.1, 0.15) is 59.4 Å². The Morgan fingerprint density at radius 2 is 1.61 bits per heavy atom. The Hall–Kier alpha value is -5.35. The first-order chi connectivity index (χ1) is 26.1. The summed E-state index contributed by atoms with van der Waals surface area (Å²) in [6.07, 6.45) is 2.70. The average Bonchev–Trinajstić information content (AvgIpc) is 3.99. The summed E-state index contributed by atoms with van der Waals surface area (Å²) in [5.74, 6) is 0.960. The Labute approximate surface area is 312 Å². The van der Waals surface area contributed by atoms with Crippen molar-refractivity contribution >= 4 is 23.0 Å². The van der Waals surface area contributed by atoms with Gasteiger partial charge in [0.1, 0.15) is 23.0 Å². The molecule has 1 aliphatic carbocycles. The molecular formula is C42H42N6O6. The molecule has 5 aromatic rings. The van der Waals surface area contributed by atoms with E-state index in [4.69, 9.17) is 18.8 Å². The van der Waals surface area contributed by atoms with Gasteiger partial charge in [0.2, 0.25) is 17.7 Å². The molecule has 54 heavy (non-hydrogen) atoms. The number of rotatable bonds is 8. The number of hydrogen-bond acceptors (Lipinski definition) is 10. The quantitative estimate of drug-likeness (QED) is 0.196. The van der Waals surface area contributed by atoms with E-state index < -0.39 is 5.97 Å². The lowest BCUT2D eigenvalue weighted by Gasteiger charge is -2.30. The van der Waals surface area contributed by atoms with Crippen molar-refractivity contribution in [2.45, 2.75) is 71.3 Å². The van der Waals surface area contributed by atoms with Crippen molar-refractivity contribution in [3.63, 3.8) is 0 Å². The molecule has 12 nitrogen and oxygen atoms in total. The summed E-state index contributed by atoms with van der Waals surface area (Å²) in [6, 6.07) is 18.5. The van der Waals surface area contributed by atoms with Gasteiger partial charge >= 0.3 is 5.97 Å². The standard InChI is InChI=1S/C42H42N6O6/c1-23-30(5-3-7-32(23)40-45-36-20-48(21-37(36)53-40)38(50)22-46-11-9-29(49)10-12-46)31-6-4-8-33(24(31)2)41-44-35-14-25(13-26(17-43)39(35)54-41)18-47-19-27-15-28(47)16-34(27)42(51)52/h3-8,13-14,27-29,34,49H,9-12,15-16,18-22H2,1-2H3,(H,51,52). The van der Waals surface area contributed by atoms with Crippen molar-refractivity contribution in [1.82, 2.24) is 24.7 Å². The van der Waals surface area contributed by atoms with Crippen molar-refractivity contribution in [1.29, 1.82) is 5.26 Å². The molecule has 3 aromatic carbocycles. The maximum absolute atomic E-state index is 13.1. The number of aromatic nitrogens is 2. The molecule has 0 spiro atoms. The van der Waals surface area contributed by atoms with E-state index in [1.165, 1.54) is 0 Å². The monoisotopic (exact) mass is 726 g/mol. The number of piperidine rings is 2. The first kappa shape index (κ1) is 34.4. The van der Waals surface area contributed by atoms with Gasteiger partial charge in [0, 0.05) is 43.3 Å². The zero-order valence-electron chi connectivity index (χ0n) is 30.4. The maximum Gasteiger partial charge on any atom is 0.306 e. The number of aliphatic hydroxyl groups is 1. The molecule has 3 atom stereocenters. The highest BCUT2D eigenvalue weighted by molar-refractivity contribution is 5.85. The van der Waals surface area contributed by atoms with Crippen LogP contribution in [0, 0.1) is 37.0 Å². The van der Waals surface area contributed by atoms with Crippen molar-refractivity contribution in [3.8, 4) is 40.1 Å². The van der Waals surface area contributed by atoms with Crippen LogP contribution in [0.15, 0.2) is 57.4 Å². The fourth-order valence-electron chi connectivity index (χ4n) is 9.18. The number of benzene rings is 3. The Morgan fingerprint density at radius 1 is 0.926 bits per heavy atom. The van der Waals surface area contributed by atoms with E-state index >= 15 is 0 Å². The van der Waals surface area contributed by atoms with Gasteiger partial charge in [0.05, 0.1) is 37.2 Å². The summed E-state index contributed by atoms with van der Waals surface area (Å²) < 4.78 is 12.6. The maximum atomic E-state index is 13.1. The molecular weight excluding hydrogens is 684 g/mol. The Kier molecular flexibility index (Phi) is 8.60. The van der Waals surface area contributed by atoms with Crippen LogP contribution in [0.5, 0.6) is 0 Å². The third-order valence-electron chi connectivity index (χ3n) is 12.2. The molecule has 12 heteroatoms. The predicted molar refractivity (Wildman–Crippen MR) is 199 cm³/mol. The fraction of sp³-hybridized carbons (Fsp3) is 0.405. The Morgan fingerprint density at radius 3 is 2.24 bits per heavy atom. The topological polar surface area (TPSA) is 160 Å². The van der Waals surface area contributed by atoms with E-state index in [9.17, 15) is 25.1 Å². The molecule has 3 fully saturated rings. The van der Waals surface area contributed by atoms with Crippen molar-refractivity contribution in [2.24, 2.45) is 11.8 Å². The second-order valence-corrected chi connectivity index (χ2v) is 15.5. The van der Waals surface area contributed by atoms with Crippen LogP contribution >= 0.6 is 0 Å². The lowest BCUT2D eigenvalue weighted by atomic mass is 9.91. The molecule has 0 radical (unpaired) electrons. The predicted octanol–water partition coefficient (Wildman–Crippen LogP) is 5.90. The number of amides is 1. The number of nitrogens with zero attached hydrogens (tertiary/aromatic N) is 6. The first-order valence-electron chi connectivity index (χ1n) is 18.8. The number of oxazole rings is 2. The number of carbonyl (C=O) groups excluding carboxylic acids is 1. The van der Waals surface area contributed by atoms with Gasteiger partial charge in [-0.3, -0.25) is 19.4 Å². The van der Waals surface area contributed by atoms with Gasteiger partial charge in [0.25, 0.3) is 0 Å². The number of aliphatic carboxylic acids is 1. The number of aliphatic hydroxyl groups excluding tert-OH is 1. The second kappa shape index (κ2) is 13.5. The summed E-state index contributed by atoms with van der Waals surface area (Å²) in [7, 11) is 0. The summed E-state index contributed by atoms with van der Waals surface area (Å²) in [5, 5.41) is 29.4. The van der Waals surface area contributed by atoms with Gasteiger partial charge in [-0.05, 0) is 97.5 Å². The van der Waals surface area contributed by atoms with E-state index in [1.54, 1.807) is 4.90 Å². The number of fused-ring (bicyclic) bond motifs is 4. The number of carbonyl (C=O) groups is 2. The smallest absolute Gasteiger partial charge is 0.306 e. The highest BCUT2D eigenvalue weighted by Crippen LogP contribution is 2.43. The summed E-state index contributed by atoms with van der Waals surface area (Å²) in [5.41, 5.74) is 9.00. The number of carboxylic acids is 1. The van der Waals surface area contributed by atoms with Crippen molar-refractivity contribution in [3.05, 3.63) is 82.2 Å². The van der Waals surface area contributed by atoms with Gasteiger partial charge in [-0.2, -0.15) is 5.26 Å². The Balaban J connectivity index is 0.943. The summed E-state index contributed by atoms with van der Waals surface area (Å²) in [4.78, 5) is 40.7. The van der Waals surface area contributed by atoms with E-state index in [2.05, 4.69) is 34.9 Å². The van der Waals surface area contributed by atoms with E-state index in [0.717, 1.165) is 70.7 Å². The van der Waals surface area contributed by atoms with Crippen LogP contribution in [0.3, 0.4) is 0 Å². The number of likely N-dealkylation sites (tertiary alicyclic amines) is 2. The lowest BCUT2D eigenvalue weighted by molar-refractivity contribution is -0.144. The molecule has 3 unspecified atom stereocenters. The zero-order valence-corrected chi connectivity index (χ0v) is 30.4. The van der Waals surface area contributed by atoms with Gasteiger partial charge in [-0.1, -0.05) is 24.3 Å². The largest absolute Gasteiger partial charge is 0.481 e. The van der Waals surface area contributed by atoms with Crippen LogP contribution in [0.4, 0.5) is 0 Å². The van der Waals surface area contributed by atoms with Crippen LogP contribution < -0.4 is 0 Å². The molecule has 2 saturated heterocycles. The molecule has 4 aliphatic rings. The van der Waals surface area contributed by atoms with Gasteiger partial charge < -0.3 is 23.9 Å². The third-order valence-corrected chi connectivity index (χ3v) is 12.2. The average molecular weight is 727 g/mol. The van der Waals surface area contributed by atoms with E-state index in [0.29, 0.717) is 79.6 Å². The molecule has 2 aromatic heterocycles. The highest BCUT2D eigenvalue weighted by Gasteiger charge is 2.47. The van der Waals surface area contributed by atoms with E-state index in [-0.39, 0.29) is 29.9 Å². The molecule has 3 aliphatic heterocycles. The zero-order chi connectivity index (χ0) is 37.2. The molecule has 2 N–H and O–H groups in total. The SMILES string of the molecule is Cc1c(-c2nc3c(o2)CN(C(=O)CN2CCC(O)CC2)C3)cccc1-c1cccc(-c2nc3cc(CN4CC5CC4CC5C(=O)O)cc(C#N)c3o2)c1C. The third kappa shape index (κ3) is 6.06. The summed E-state index contributed by atoms with van der Waals surface area (Å²) >= 11 is 0. The second-order valence-electron chi connectivity index (χ2n) is 15.5.